The molecule has 1 amide bonds. The van der Waals surface area contributed by atoms with Gasteiger partial charge in [0.25, 0.3) is 5.91 Å². The van der Waals surface area contributed by atoms with Gasteiger partial charge in [0.15, 0.2) is 0 Å². The summed E-state index contributed by atoms with van der Waals surface area (Å²) in [7, 11) is 0. The van der Waals surface area contributed by atoms with Gasteiger partial charge in [-0.05, 0) is 25.0 Å². The smallest absolute Gasteiger partial charge is 0.254 e. The zero-order valence-electron chi connectivity index (χ0n) is 11.4. The quantitative estimate of drug-likeness (QED) is 0.839. The van der Waals surface area contributed by atoms with Gasteiger partial charge < -0.3 is 10.2 Å². The highest BCUT2D eigenvalue weighted by Gasteiger charge is 2.42. The maximum atomic E-state index is 12.8. The molecule has 1 spiro atoms. The minimum Gasteiger partial charge on any atom is -0.330 e. The van der Waals surface area contributed by atoms with Gasteiger partial charge in [0.1, 0.15) is 0 Å². The Morgan fingerprint density at radius 2 is 1.84 bits per heavy atom. The van der Waals surface area contributed by atoms with Gasteiger partial charge in [0.2, 0.25) is 0 Å². The number of amides is 1. The Balaban J connectivity index is 1.86. The number of piperazine rings is 1. The minimum absolute atomic E-state index is 0.0728. The van der Waals surface area contributed by atoms with Crippen molar-refractivity contribution in [2.75, 3.05) is 19.6 Å². The van der Waals surface area contributed by atoms with E-state index in [1.54, 1.807) is 0 Å². The maximum absolute atomic E-state index is 12.8. The first-order valence-electron chi connectivity index (χ1n) is 7.40. The van der Waals surface area contributed by atoms with Crippen LogP contribution in [-0.2, 0) is 0 Å². The molecule has 1 saturated heterocycles. The van der Waals surface area contributed by atoms with Crippen LogP contribution in [0.2, 0.25) is 0 Å². The summed E-state index contributed by atoms with van der Waals surface area (Å²) in [5.74, 6) is 0.212. The lowest BCUT2D eigenvalue weighted by molar-refractivity contribution is 0.0222. The molecule has 1 aromatic rings. The van der Waals surface area contributed by atoms with E-state index in [1.165, 1.54) is 19.3 Å². The predicted molar refractivity (Wildman–Crippen MR) is 76.2 cm³/mol. The molecule has 0 aromatic heterocycles. The summed E-state index contributed by atoms with van der Waals surface area (Å²) in [6.45, 7) is 2.72. The monoisotopic (exact) mass is 258 g/mol. The second-order valence-electron chi connectivity index (χ2n) is 5.78. The first-order valence-corrected chi connectivity index (χ1v) is 7.40. The first kappa shape index (κ1) is 12.7. The Morgan fingerprint density at radius 3 is 2.58 bits per heavy atom. The third-order valence-corrected chi connectivity index (χ3v) is 4.59. The highest BCUT2D eigenvalue weighted by Crippen LogP contribution is 2.35. The zero-order chi connectivity index (χ0) is 13.1. The number of hydrogen-bond acceptors (Lipinski definition) is 2. The van der Waals surface area contributed by atoms with Crippen molar-refractivity contribution in [3.8, 4) is 0 Å². The fourth-order valence-corrected chi connectivity index (χ4v) is 3.55. The minimum atomic E-state index is 0.0728. The summed E-state index contributed by atoms with van der Waals surface area (Å²) in [5.41, 5.74) is 0.901. The third kappa shape index (κ3) is 2.39. The van der Waals surface area contributed by atoms with Gasteiger partial charge in [-0.3, -0.25) is 4.79 Å². The second kappa shape index (κ2) is 5.33. The Bertz CT molecular complexity index is 429. The molecule has 0 bridgehead atoms. The number of carbonyl (C=O) groups is 1. The normalized spacial score (nSPS) is 22.4. The van der Waals surface area contributed by atoms with Crippen molar-refractivity contribution in [1.29, 1.82) is 0 Å². The van der Waals surface area contributed by atoms with E-state index in [0.717, 1.165) is 38.0 Å². The molecule has 3 heteroatoms. The number of benzene rings is 1. The molecule has 3 nitrogen and oxygen atoms in total. The number of nitrogens with one attached hydrogen (secondary N) is 1. The average molecular weight is 258 g/mol. The lowest BCUT2D eigenvalue weighted by atomic mass is 9.78. The number of carbonyl (C=O) groups excluding carboxylic acids is 1. The zero-order valence-corrected chi connectivity index (χ0v) is 11.4. The van der Waals surface area contributed by atoms with Crippen LogP contribution in [0.5, 0.6) is 0 Å². The molecule has 1 aliphatic carbocycles. The summed E-state index contributed by atoms with van der Waals surface area (Å²) in [6, 6.07) is 9.72. The lowest BCUT2D eigenvalue weighted by Crippen LogP contribution is -2.63. The van der Waals surface area contributed by atoms with Gasteiger partial charge in [0.05, 0.1) is 5.54 Å². The number of hydrogen-bond donors (Lipinski definition) is 1. The average Bonchev–Trinajstić information content (AvgIpc) is 2.49. The molecule has 2 aliphatic rings. The van der Waals surface area contributed by atoms with Crippen molar-refractivity contribution in [2.45, 2.75) is 37.6 Å². The number of rotatable bonds is 1. The Kier molecular flexibility index (Phi) is 3.56. The molecule has 3 rings (SSSR count). The van der Waals surface area contributed by atoms with E-state index >= 15 is 0 Å². The first-order chi connectivity index (χ1) is 9.32. The Labute approximate surface area is 115 Å². The summed E-state index contributed by atoms with van der Waals surface area (Å²) in [4.78, 5) is 14.9. The number of nitrogens with zero attached hydrogens (tertiary/aromatic N) is 1. The summed E-state index contributed by atoms with van der Waals surface area (Å²) in [6.07, 6.45) is 6.12. The summed E-state index contributed by atoms with van der Waals surface area (Å²) >= 11 is 0. The van der Waals surface area contributed by atoms with Crippen LogP contribution >= 0.6 is 0 Å². The highest BCUT2D eigenvalue weighted by molar-refractivity contribution is 5.94. The van der Waals surface area contributed by atoms with Crippen molar-refractivity contribution in [2.24, 2.45) is 0 Å². The molecule has 2 fully saturated rings. The molecule has 0 atom stereocenters. The van der Waals surface area contributed by atoms with Crippen molar-refractivity contribution in [3.63, 3.8) is 0 Å². The molecular formula is C16H22N2O. The fourth-order valence-electron chi connectivity index (χ4n) is 3.55. The van der Waals surface area contributed by atoms with Gasteiger partial charge in [-0.25, -0.2) is 0 Å². The summed E-state index contributed by atoms with van der Waals surface area (Å²) in [5, 5.41) is 3.49. The van der Waals surface area contributed by atoms with E-state index in [-0.39, 0.29) is 11.4 Å². The van der Waals surface area contributed by atoms with E-state index in [4.69, 9.17) is 0 Å². The van der Waals surface area contributed by atoms with Crippen molar-refractivity contribution in [3.05, 3.63) is 35.9 Å². The Morgan fingerprint density at radius 1 is 1.11 bits per heavy atom. The van der Waals surface area contributed by atoms with Crippen molar-refractivity contribution in [1.82, 2.24) is 10.2 Å². The largest absolute Gasteiger partial charge is 0.330 e. The van der Waals surface area contributed by atoms with Crippen LogP contribution < -0.4 is 5.32 Å². The second-order valence-corrected chi connectivity index (χ2v) is 5.78. The van der Waals surface area contributed by atoms with Gasteiger partial charge >= 0.3 is 0 Å². The third-order valence-electron chi connectivity index (χ3n) is 4.59. The molecule has 0 radical (unpaired) electrons. The molecular weight excluding hydrogens is 236 g/mol. The van der Waals surface area contributed by atoms with Gasteiger partial charge in [-0.15, -0.1) is 0 Å². The standard InChI is InChI=1S/C16H22N2O/c19-15(14-7-3-1-4-8-14)18-12-11-17-13-16(18)9-5-2-6-10-16/h1,3-4,7-8,17H,2,5-6,9-13H2. The predicted octanol–water partition coefficient (Wildman–Crippen LogP) is 2.43. The van der Waals surface area contributed by atoms with Gasteiger partial charge in [-0.1, -0.05) is 37.5 Å². The Hall–Kier alpha value is -1.35. The summed E-state index contributed by atoms with van der Waals surface area (Å²) < 4.78 is 0. The van der Waals surface area contributed by atoms with Crippen LogP contribution in [0.4, 0.5) is 0 Å². The lowest BCUT2D eigenvalue weighted by Gasteiger charge is -2.49. The molecule has 0 unspecified atom stereocenters. The highest BCUT2D eigenvalue weighted by atomic mass is 16.2. The van der Waals surface area contributed by atoms with Gasteiger partial charge in [0, 0.05) is 25.2 Å². The van der Waals surface area contributed by atoms with Crippen LogP contribution in [0.25, 0.3) is 0 Å². The van der Waals surface area contributed by atoms with Crippen LogP contribution in [-0.4, -0.2) is 36.0 Å². The van der Waals surface area contributed by atoms with Crippen LogP contribution in [0.3, 0.4) is 0 Å². The van der Waals surface area contributed by atoms with E-state index in [1.807, 2.05) is 30.3 Å². The maximum Gasteiger partial charge on any atom is 0.254 e. The molecule has 102 valence electrons. The molecule has 1 aliphatic heterocycles. The van der Waals surface area contributed by atoms with Crippen LogP contribution in [0.1, 0.15) is 42.5 Å². The van der Waals surface area contributed by atoms with Crippen LogP contribution in [0.15, 0.2) is 30.3 Å². The molecule has 19 heavy (non-hydrogen) atoms. The van der Waals surface area contributed by atoms with Crippen molar-refractivity contribution >= 4 is 5.91 Å². The van der Waals surface area contributed by atoms with E-state index in [9.17, 15) is 4.79 Å². The SMILES string of the molecule is O=C(c1ccccc1)N1CCNCC12CCCCC2. The molecule has 1 aromatic carbocycles. The van der Waals surface area contributed by atoms with Crippen LogP contribution in [0, 0.1) is 0 Å². The topological polar surface area (TPSA) is 32.3 Å². The van der Waals surface area contributed by atoms with E-state index in [2.05, 4.69) is 10.2 Å². The molecule has 1 saturated carbocycles. The van der Waals surface area contributed by atoms with E-state index in [0.29, 0.717) is 0 Å². The molecule has 1 N–H and O–H groups in total. The van der Waals surface area contributed by atoms with Crippen molar-refractivity contribution < 1.29 is 4.79 Å². The van der Waals surface area contributed by atoms with Gasteiger partial charge in [-0.2, -0.15) is 0 Å². The molecule has 1 heterocycles. The fraction of sp³-hybridized carbons (Fsp3) is 0.562. The van der Waals surface area contributed by atoms with E-state index < -0.39 is 0 Å².